The summed E-state index contributed by atoms with van der Waals surface area (Å²) in [6.45, 7) is 5.92. The van der Waals surface area contributed by atoms with E-state index in [9.17, 15) is 9.59 Å². The highest BCUT2D eigenvalue weighted by Gasteiger charge is 2.16. The molecule has 0 aromatic heterocycles. The maximum atomic E-state index is 12.6. The predicted molar refractivity (Wildman–Crippen MR) is 125 cm³/mol. The lowest BCUT2D eigenvalue weighted by atomic mass is 10.0. The maximum Gasteiger partial charge on any atom is 0.265 e. The van der Waals surface area contributed by atoms with E-state index < -0.39 is 6.10 Å². The number of benzene rings is 3. The molecule has 3 aromatic carbocycles. The van der Waals surface area contributed by atoms with Crippen LogP contribution in [0.3, 0.4) is 0 Å². The van der Waals surface area contributed by atoms with Crippen molar-refractivity contribution in [3.63, 3.8) is 0 Å². The zero-order valence-electron chi connectivity index (χ0n) is 17.7. The van der Waals surface area contributed by atoms with Gasteiger partial charge >= 0.3 is 0 Å². The molecule has 31 heavy (non-hydrogen) atoms. The van der Waals surface area contributed by atoms with Crippen molar-refractivity contribution in [1.29, 1.82) is 0 Å². The lowest BCUT2D eigenvalue weighted by Gasteiger charge is -2.16. The van der Waals surface area contributed by atoms with Gasteiger partial charge in [-0.3, -0.25) is 9.59 Å². The van der Waals surface area contributed by atoms with Crippen LogP contribution in [-0.2, 0) is 4.79 Å². The van der Waals surface area contributed by atoms with Gasteiger partial charge in [0.2, 0.25) is 0 Å². The lowest BCUT2D eigenvalue weighted by Crippen LogP contribution is -2.30. The fourth-order valence-electron chi connectivity index (χ4n) is 2.94. The molecule has 0 fully saturated rings. The van der Waals surface area contributed by atoms with E-state index in [0.717, 1.165) is 0 Å². The molecule has 1 atom stereocenters. The van der Waals surface area contributed by atoms with Crippen LogP contribution in [0.25, 0.3) is 0 Å². The van der Waals surface area contributed by atoms with Crippen LogP contribution >= 0.6 is 11.6 Å². The van der Waals surface area contributed by atoms with E-state index in [4.69, 9.17) is 16.3 Å². The summed E-state index contributed by atoms with van der Waals surface area (Å²) in [5.41, 5.74) is 2.72. The van der Waals surface area contributed by atoms with Crippen LogP contribution < -0.4 is 15.4 Å². The van der Waals surface area contributed by atoms with E-state index in [1.165, 1.54) is 5.56 Å². The first-order valence-electron chi connectivity index (χ1n) is 10.1. The van der Waals surface area contributed by atoms with Gasteiger partial charge in [0, 0.05) is 22.0 Å². The Kier molecular flexibility index (Phi) is 7.32. The molecule has 0 saturated carbocycles. The third kappa shape index (κ3) is 6.33. The Morgan fingerprint density at radius 1 is 0.839 bits per heavy atom. The maximum absolute atomic E-state index is 12.6. The monoisotopic (exact) mass is 436 g/mol. The minimum Gasteiger partial charge on any atom is -0.481 e. The molecule has 0 saturated heterocycles. The van der Waals surface area contributed by atoms with Crippen molar-refractivity contribution in [2.45, 2.75) is 32.8 Å². The normalized spacial score (nSPS) is 11.6. The van der Waals surface area contributed by atoms with Gasteiger partial charge in [-0.2, -0.15) is 0 Å². The Morgan fingerprint density at radius 3 is 2.13 bits per heavy atom. The Hall–Kier alpha value is -3.31. The summed E-state index contributed by atoms with van der Waals surface area (Å²) in [6, 6.07) is 21.3. The molecule has 0 aliphatic rings. The van der Waals surface area contributed by atoms with E-state index in [1.54, 1.807) is 55.5 Å². The van der Waals surface area contributed by atoms with Gasteiger partial charge in [-0.25, -0.2) is 0 Å². The number of nitrogens with one attached hydrogen (secondary N) is 2. The molecule has 3 aromatic rings. The molecule has 3 rings (SSSR count). The highest BCUT2D eigenvalue weighted by molar-refractivity contribution is 6.31. The van der Waals surface area contributed by atoms with Crippen LogP contribution in [0.1, 0.15) is 42.6 Å². The van der Waals surface area contributed by atoms with Crippen molar-refractivity contribution < 1.29 is 14.3 Å². The van der Waals surface area contributed by atoms with Crippen LogP contribution in [0.2, 0.25) is 5.02 Å². The smallest absolute Gasteiger partial charge is 0.265 e. The average molecular weight is 437 g/mol. The molecule has 0 radical (unpaired) electrons. The van der Waals surface area contributed by atoms with Gasteiger partial charge in [-0.1, -0.05) is 49.7 Å². The minimum absolute atomic E-state index is 0.298. The first kappa shape index (κ1) is 22.4. The van der Waals surface area contributed by atoms with Crippen molar-refractivity contribution in [2.75, 3.05) is 10.6 Å². The summed E-state index contributed by atoms with van der Waals surface area (Å²) in [4.78, 5) is 25.1. The number of rotatable bonds is 7. The lowest BCUT2D eigenvalue weighted by molar-refractivity contribution is -0.122. The van der Waals surface area contributed by atoms with Gasteiger partial charge in [0.1, 0.15) is 5.75 Å². The third-order valence-electron chi connectivity index (χ3n) is 4.70. The molecular weight excluding hydrogens is 412 g/mol. The standard InChI is InChI=1S/C25H25ClN2O3/c1-16(2)18-10-12-23(13-11-18)31-17(3)24(29)27-21-8-4-6-19(14-21)25(30)28-22-9-5-7-20(26)15-22/h4-17H,1-3H3,(H,27,29)(H,28,30). The Balaban J connectivity index is 1.61. The number of halogens is 1. The Bertz CT molecular complexity index is 1060. The number of amides is 2. The second kappa shape index (κ2) is 10.1. The number of ether oxygens (including phenoxy) is 1. The highest BCUT2D eigenvalue weighted by atomic mass is 35.5. The van der Waals surface area contributed by atoms with E-state index in [2.05, 4.69) is 24.5 Å². The van der Waals surface area contributed by atoms with Crippen molar-refractivity contribution in [2.24, 2.45) is 0 Å². The van der Waals surface area contributed by atoms with Gasteiger partial charge in [-0.15, -0.1) is 0 Å². The van der Waals surface area contributed by atoms with Crippen LogP contribution in [0.4, 0.5) is 11.4 Å². The Morgan fingerprint density at radius 2 is 1.48 bits per heavy atom. The molecule has 5 nitrogen and oxygen atoms in total. The van der Waals surface area contributed by atoms with Crippen LogP contribution in [0, 0.1) is 0 Å². The summed E-state index contributed by atoms with van der Waals surface area (Å²) < 4.78 is 5.75. The van der Waals surface area contributed by atoms with Gasteiger partial charge in [0.05, 0.1) is 0 Å². The minimum atomic E-state index is -0.700. The van der Waals surface area contributed by atoms with Crippen LogP contribution in [0.5, 0.6) is 5.75 Å². The van der Waals surface area contributed by atoms with E-state index in [-0.39, 0.29) is 11.8 Å². The van der Waals surface area contributed by atoms with Gasteiger partial charge in [0.15, 0.2) is 6.10 Å². The molecule has 0 heterocycles. The van der Waals surface area contributed by atoms with E-state index >= 15 is 0 Å². The molecule has 160 valence electrons. The number of anilines is 2. The van der Waals surface area contributed by atoms with Gasteiger partial charge in [-0.05, 0) is 66.9 Å². The van der Waals surface area contributed by atoms with E-state index in [1.807, 2.05) is 24.3 Å². The van der Waals surface area contributed by atoms with Gasteiger partial charge < -0.3 is 15.4 Å². The zero-order chi connectivity index (χ0) is 22.4. The summed E-state index contributed by atoms with van der Waals surface area (Å²) in [5.74, 6) is 0.452. The van der Waals surface area contributed by atoms with Crippen molar-refractivity contribution in [1.82, 2.24) is 0 Å². The average Bonchev–Trinajstić information content (AvgIpc) is 2.74. The Labute approximate surface area is 187 Å². The van der Waals surface area contributed by atoms with Crippen molar-refractivity contribution in [3.8, 4) is 5.75 Å². The molecular formula is C25H25ClN2O3. The fraction of sp³-hybridized carbons (Fsp3) is 0.200. The topological polar surface area (TPSA) is 67.4 Å². The summed E-state index contributed by atoms with van der Waals surface area (Å²) in [6.07, 6.45) is -0.700. The molecule has 0 bridgehead atoms. The molecule has 2 amide bonds. The highest BCUT2D eigenvalue weighted by Crippen LogP contribution is 2.20. The van der Waals surface area contributed by atoms with Crippen LogP contribution in [0.15, 0.2) is 72.8 Å². The number of hydrogen-bond donors (Lipinski definition) is 2. The number of carbonyl (C=O) groups excluding carboxylic acids is 2. The molecule has 0 aliphatic heterocycles. The van der Waals surface area contributed by atoms with Gasteiger partial charge in [0.25, 0.3) is 11.8 Å². The number of hydrogen-bond acceptors (Lipinski definition) is 3. The fourth-order valence-corrected chi connectivity index (χ4v) is 3.13. The molecule has 0 spiro atoms. The van der Waals surface area contributed by atoms with Crippen molar-refractivity contribution in [3.05, 3.63) is 88.9 Å². The molecule has 6 heteroatoms. The largest absolute Gasteiger partial charge is 0.481 e. The SMILES string of the molecule is CC(Oc1ccc(C(C)C)cc1)C(=O)Nc1cccc(C(=O)Nc2cccc(Cl)c2)c1. The summed E-state index contributed by atoms with van der Waals surface area (Å²) >= 11 is 5.96. The van der Waals surface area contributed by atoms with E-state index in [0.29, 0.717) is 33.6 Å². The zero-order valence-corrected chi connectivity index (χ0v) is 18.4. The molecule has 0 aliphatic carbocycles. The quantitative estimate of drug-likeness (QED) is 0.468. The molecule has 2 N–H and O–H groups in total. The van der Waals surface area contributed by atoms with Crippen LogP contribution in [-0.4, -0.2) is 17.9 Å². The second-order valence-corrected chi connectivity index (χ2v) is 7.95. The third-order valence-corrected chi connectivity index (χ3v) is 4.94. The molecule has 1 unspecified atom stereocenters. The predicted octanol–water partition coefficient (Wildman–Crippen LogP) is 6.12. The second-order valence-electron chi connectivity index (χ2n) is 7.52. The first-order chi connectivity index (χ1) is 14.8. The summed E-state index contributed by atoms with van der Waals surface area (Å²) in [7, 11) is 0. The summed E-state index contributed by atoms with van der Waals surface area (Å²) in [5, 5.41) is 6.12. The first-order valence-corrected chi connectivity index (χ1v) is 10.4. The number of carbonyl (C=O) groups is 2. The van der Waals surface area contributed by atoms with Crippen molar-refractivity contribution >= 4 is 34.8 Å².